The molecule has 1 amide bonds. The van der Waals surface area contributed by atoms with Crippen LogP contribution in [-0.2, 0) is 0 Å². The monoisotopic (exact) mass is 376 g/mol. The van der Waals surface area contributed by atoms with Gasteiger partial charge in [0.25, 0.3) is 5.91 Å². The number of aromatic hydroxyl groups is 1. The highest BCUT2D eigenvalue weighted by molar-refractivity contribution is 7.80. The van der Waals surface area contributed by atoms with Crippen molar-refractivity contribution in [2.45, 2.75) is 6.92 Å². The second kappa shape index (κ2) is 8.39. The molecule has 0 heterocycles. The number of ether oxygens (including phenoxy) is 3. The number of thiocarbonyl (C=S) groups is 1. The summed E-state index contributed by atoms with van der Waals surface area (Å²) in [7, 11) is 4.41. The third-order valence-corrected chi connectivity index (χ3v) is 3.76. The number of carbonyl (C=O) groups is 1. The summed E-state index contributed by atoms with van der Waals surface area (Å²) < 4.78 is 15.7. The number of amides is 1. The fraction of sp³-hybridized carbons (Fsp3) is 0.222. The van der Waals surface area contributed by atoms with Gasteiger partial charge in [-0.3, -0.25) is 10.1 Å². The van der Waals surface area contributed by atoms with Crippen molar-refractivity contribution in [3.05, 3.63) is 41.5 Å². The fourth-order valence-corrected chi connectivity index (χ4v) is 2.49. The Kier molecular flexibility index (Phi) is 6.24. The summed E-state index contributed by atoms with van der Waals surface area (Å²) in [6.45, 7) is 1.86. The van der Waals surface area contributed by atoms with E-state index in [4.69, 9.17) is 26.4 Å². The van der Waals surface area contributed by atoms with Gasteiger partial charge in [0.05, 0.1) is 27.0 Å². The van der Waals surface area contributed by atoms with Crippen molar-refractivity contribution in [2.75, 3.05) is 26.6 Å². The van der Waals surface area contributed by atoms with Gasteiger partial charge in [-0.25, -0.2) is 0 Å². The Labute approximate surface area is 156 Å². The highest BCUT2D eigenvalue weighted by Gasteiger charge is 2.18. The van der Waals surface area contributed by atoms with E-state index in [1.165, 1.54) is 33.5 Å². The third kappa shape index (κ3) is 4.34. The Morgan fingerprint density at radius 1 is 1.04 bits per heavy atom. The van der Waals surface area contributed by atoms with E-state index < -0.39 is 5.91 Å². The number of nitrogens with one attached hydrogen (secondary N) is 2. The van der Waals surface area contributed by atoms with Crippen LogP contribution in [0.4, 0.5) is 5.69 Å². The predicted octanol–water partition coefficient (Wildman–Crippen LogP) is 2.85. The van der Waals surface area contributed by atoms with Crippen LogP contribution < -0.4 is 24.8 Å². The maximum atomic E-state index is 12.5. The van der Waals surface area contributed by atoms with Crippen molar-refractivity contribution < 1.29 is 24.1 Å². The number of rotatable bonds is 5. The highest BCUT2D eigenvalue weighted by atomic mass is 32.1. The van der Waals surface area contributed by atoms with Crippen LogP contribution in [-0.4, -0.2) is 37.5 Å². The van der Waals surface area contributed by atoms with Crippen molar-refractivity contribution in [1.82, 2.24) is 5.32 Å². The van der Waals surface area contributed by atoms with E-state index in [-0.39, 0.29) is 16.4 Å². The SMILES string of the molecule is COc1cc(C(=O)NC(=S)Nc2ccc(C)cc2O)cc(OC)c1OC. The van der Waals surface area contributed by atoms with Gasteiger partial charge < -0.3 is 24.6 Å². The normalized spacial score (nSPS) is 10.0. The van der Waals surface area contributed by atoms with E-state index in [2.05, 4.69) is 10.6 Å². The van der Waals surface area contributed by atoms with Gasteiger partial charge >= 0.3 is 0 Å². The van der Waals surface area contributed by atoms with E-state index in [1.54, 1.807) is 12.1 Å². The molecule has 7 nitrogen and oxygen atoms in total. The molecular weight excluding hydrogens is 356 g/mol. The van der Waals surface area contributed by atoms with E-state index in [9.17, 15) is 9.90 Å². The van der Waals surface area contributed by atoms with Gasteiger partial charge in [-0.15, -0.1) is 0 Å². The first-order valence-corrected chi connectivity index (χ1v) is 8.02. The smallest absolute Gasteiger partial charge is 0.257 e. The second-order valence-electron chi connectivity index (χ2n) is 5.34. The van der Waals surface area contributed by atoms with Crippen molar-refractivity contribution in [2.24, 2.45) is 0 Å². The van der Waals surface area contributed by atoms with Gasteiger partial charge in [-0.1, -0.05) is 6.07 Å². The number of hydrogen-bond donors (Lipinski definition) is 3. The van der Waals surface area contributed by atoms with Gasteiger partial charge in [0.1, 0.15) is 5.75 Å². The van der Waals surface area contributed by atoms with E-state index in [1.807, 2.05) is 13.0 Å². The van der Waals surface area contributed by atoms with Crippen LogP contribution in [0.3, 0.4) is 0 Å². The minimum Gasteiger partial charge on any atom is -0.506 e. The average Bonchev–Trinajstić information content (AvgIpc) is 2.62. The van der Waals surface area contributed by atoms with Crippen LogP contribution >= 0.6 is 12.2 Å². The number of aryl methyl sites for hydroxylation is 1. The van der Waals surface area contributed by atoms with Crippen molar-refractivity contribution in [3.63, 3.8) is 0 Å². The Bertz CT molecular complexity index is 813. The molecule has 0 aliphatic rings. The number of anilines is 1. The highest BCUT2D eigenvalue weighted by Crippen LogP contribution is 2.38. The van der Waals surface area contributed by atoms with Gasteiger partial charge in [0.15, 0.2) is 16.6 Å². The van der Waals surface area contributed by atoms with Gasteiger partial charge in [-0.05, 0) is 49.0 Å². The molecule has 2 rings (SSSR count). The maximum Gasteiger partial charge on any atom is 0.257 e. The van der Waals surface area contributed by atoms with Crippen molar-refractivity contribution in [3.8, 4) is 23.0 Å². The largest absolute Gasteiger partial charge is 0.506 e. The summed E-state index contributed by atoms with van der Waals surface area (Å²) in [6.07, 6.45) is 0. The molecular formula is C18H20N2O5S. The van der Waals surface area contributed by atoms with E-state index >= 15 is 0 Å². The number of carbonyl (C=O) groups excluding carboxylic acids is 1. The second-order valence-corrected chi connectivity index (χ2v) is 5.75. The molecule has 0 saturated heterocycles. The zero-order valence-corrected chi connectivity index (χ0v) is 15.7. The molecule has 0 saturated carbocycles. The number of benzene rings is 2. The van der Waals surface area contributed by atoms with Crippen molar-refractivity contribution >= 4 is 28.9 Å². The first-order valence-electron chi connectivity index (χ1n) is 7.61. The quantitative estimate of drug-likeness (QED) is 0.546. The maximum absolute atomic E-state index is 12.5. The molecule has 0 bridgehead atoms. The minimum atomic E-state index is -0.464. The Morgan fingerprint density at radius 2 is 1.65 bits per heavy atom. The lowest BCUT2D eigenvalue weighted by Crippen LogP contribution is -2.34. The summed E-state index contributed by atoms with van der Waals surface area (Å²) in [4.78, 5) is 12.5. The molecule has 0 fully saturated rings. The number of phenols is 1. The van der Waals surface area contributed by atoms with Gasteiger partial charge in [0.2, 0.25) is 5.75 Å². The molecule has 3 N–H and O–H groups in total. The molecule has 0 aliphatic carbocycles. The van der Waals surface area contributed by atoms with Crippen LogP contribution in [0.2, 0.25) is 0 Å². The molecule has 0 atom stereocenters. The molecule has 0 radical (unpaired) electrons. The standard InChI is InChI=1S/C18H20N2O5S/c1-10-5-6-12(13(21)7-10)19-18(26)20-17(22)11-8-14(23-2)16(25-4)15(9-11)24-3/h5-9,21H,1-4H3,(H2,19,20,22,26). The first kappa shape index (κ1) is 19.3. The summed E-state index contributed by atoms with van der Waals surface area (Å²) >= 11 is 5.13. The molecule has 0 spiro atoms. The fourth-order valence-electron chi connectivity index (χ4n) is 2.29. The lowest BCUT2D eigenvalue weighted by Gasteiger charge is -2.15. The van der Waals surface area contributed by atoms with Crippen LogP contribution in [0.1, 0.15) is 15.9 Å². The lowest BCUT2D eigenvalue weighted by atomic mass is 10.1. The molecule has 8 heteroatoms. The number of phenolic OH excluding ortho intramolecular Hbond substituents is 1. The number of hydrogen-bond acceptors (Lipinski definition) is 6. The van der Waals surface area contributed by atoms with Gasteiger partial charge in [-0.2, -0.15) is 0 Å². The average molecular weight is 376 g/mol. The molecule has 26 heavy (non-hydrogen) atoms. The lowest BCUT2D eigenvalue weighted by molar-refractivity contribution is 0.0977. The Balaban J connectivity index is 2.17. The summed E-state index contributed by atoms with van der Waals surface area (Å²) in [6, 6.07) is 8.10. The molecule has 2 aromatic rings. The zero-order valence-electron chi connectivity index (χ0n) is 14.9. The van der Waals surface area contributed by atoms with Crippen LogP contribution in [0.5, 0.6) is 23.0 Å². The molecule has 138 valence electrons. The Morgan fingerprint density at radius 3 is 2.15 bits per heavy atom. The summed E-state index contributed by atoms with van der Waals surface area (Å²) in [5.74, 6) is 0.665. The van der Waals surface area contributed by atoms with E-state index in [0.717, 1.165) is 5.56 Å². The molecule has 2 aromatic carbocycles. The van der Waals surface area contributed by atoms with Crippen LogP contribution in [0.25, 0.3) is 0 Å². The summed E-state index contributed by atoms with van der Waals surface area (Å²) in [5.41, 5.74) is 1.57. The summed E-state index contributed by atoms with van der Waals surface area (Å²) in [5, 5.41) is 15.3. The molecule has 0 aromatic heterocycles. The minimum absolute atomic E-state index is 0.0365. The predicted molar refractivity (Wildman–Crippen MR) is 103 cm³/mol. The van der Waals surface area contributed by atoms with E-state index in [0.29, 0.717) is 22.9 Å². The molecule has 0 unspecified atom stereocenters. The van der Waals surface area contributed by atoms with Gasteiger partial charge in [0, 0.05) is 5.56 Å². The first-order chi connectivity index (χ1) is 12.4. The number of methoxy groups -OCH3 is 3. The van der Waals surface area contributed by atoms with Crippen LogP contribution in [0.15, 0.2) is 30.3 Å². The van der Waals surface area contributed by atoms with Crippen molar-refractivity contribution in [1.29, 1.82) is 0 Å². The van der Waals surface area contributed by atoms with Crippen LogP contribution in [0, 0.1) is 6.92 Å². The zero-order chi connectivity index (χ0) is 19.3. The Hall–Kier alpha value is -3.00. The topological polar surface area (TPSA) is 89.1 Å². The third-order valence-electron chi connectivity index (χ3n) is 3.56. The molecule has 0 aliphatic heterocycles.